The summed E-state index contributed by atoms with van der Waals surface area (Å²) in [6.07, 6.45) is 6.80. The molecule has 0 spiro atoms. The van der Waals surface area contributed by atoms with Gasteiger partial charge in [0.05, 0.1) is 0 Å². The van der Waals surface area contributed by atoms with E-state index in [9.17, 15) is 4.79 Å². The Kier molecular flexibility index (Phi) is 2.11. The molecular formula is C14H19N3O. The fourth-order valence-electron chi connectivity index (χ4n) is 5.13. The predicted octanol–water partition coefficient (Wildman–Crippen LogP) is 1.89. The summed E-state index contributed by atoms with van der Waals surface area (Å²) < 4.78 is 0. The standard InChI is InChI=1S/C14H19N3O/c15-14-11(6-12(18)16-17-14)13-9-2-7-1-8(4-9)5-10(13)3-7/h6-10,13H,1-5H2,(H2,15,17)(H,16,18). The van der Waals surface area contributed by atoms with Gasteiger partial charge in [0.25, 0.3) is 5.56 Å². The van der Waals surface area contributed by atoms with Gasteiger partial charge in [-0.3, -0.25) is 4.79 Å². The first-order chi connectivity index (χ1) is 8.70. The number of nitrogens with zero attached hydrogens (tertiary/aromatic N) is 1. The van der Waals surface area contributed by atoms with Crippen LogP contribution in [0, 0.1) is 23.7 Å². The molecule has 0 atom stereocenters. The minimum atomic E-state index is -0.118. The zero-order valence-corrected chi connectivity index (χ0v) is 10.4. The van der Waals surface area contributed by atoms with Crippen molar-refractivity contribution in [2.75, 3.05) is 5.73 Å². The van der Waals surface area contributed by atoms with E-state index in [1.807, 2.05) is 0 Å². The maximum absolute atomic E-state index is 11.5. The van der Waals surface area contributed by atoms with Crippen LogP contribution in [-0.2, 0) is 0 Å². The van der Waals surface area contributed by atoms with Crippen molar-refractivity contribution < 1.29 is 0 Å². The lowest BCUT2D eigenvalue weighted by Crippen LogP contribution is -2.44. The van der Waals surface area contributed by atoms with Crippen LogP contribution in [0.25, 0.3) is 0 Å². The highest BCUT2D eigenvalue weighted by atomic mass is 16.1. The topological polar surface area (TPSA) is 71.8 Å². The molecule has 4 fully saturated rings. The van der Waals surface area contributed by atoms with E-state index in [4.69, 9.17) is 5.73 Å². The molecule has 4 heteroatoms. The lowest BCUT2D eigenvalue weighted by atomic mass is 9.51. The van der Waals surface area contributed by atoms with Gasteiger partial charge in [-0.05, 0) is 61.7 Å². The molecule has 0 radical (unpaired) electrons. The Morgan fingerprint density at radius 1 is 1.11 bits per heavy atom. The minimum absolute atomic E-state index is 0.118. The van der Waals surface area contributed by atoms with Crippen LogP contribution in [0.3, 0.4) is 0 Å². The molecule has 0 saturated heterocycles. The highest BCUT2D eigenvalue weighted by molar-refractivity contribution is 5.41. The third-order valence-electron chi connectivity index (χ3n) is 5.45. The zero-order chi connectivity index (χ0) is 12.3. The number of hydrogen-bond donors (Lipinski definition) is 2. The van der Waals surface area contributed by atoms with Gasteiger partial charge in [-0.2, -0.15) is 5.10 Å². The van der Waals surface area contributed by atoms with Crippen LogP contribution in [0.15, 0.2) is 10.9 Å². The molecule has 0 amide bonds. The summed E-state index contributed by atoms with van der Waals surface area (Å²) >= 11 is 0. The fourth-order valence-corrected chi connectivity index (χ4v) is 5.13. The van der Waals surface area contributed by atoms with E-state index < -0.39 is 0 Å². The second kappa shape index (κ2) is 3.59. The smallest absolute Gasteiger partial charge is 0.264 e. The molecule has 4 aliphatic rings. The van der Waals surface area contributed by atoms with Crippen molar-refractivity contribution in [1.82, 2.24) is 10.2 Å². The highest BCUT2D eigenvalue weighted by Crippen LogP contribution is 2.60. The number of rotatable bonds is 1. The second-order valence-electron chi connectivity index (χ2n) is 6.53. The highest BCUT2D eigenvalue weighted by Gasteiger charge is 2.49. The SMILES string of the molecule is Nc1n[nH]c(=O)cc1C1C2CC3CC(C2)CC1C3. The van der Waals surface area contributed by atoms with Crippen LogP contribution >= 0.6 is 0 Å². The number of hydrogen-bond acceptors (Lipinski definition) is 3. The zero-order valence-electron chi connectivity index (χ0n) is 10.4. The lowest BCUT2D eigenvalue weighted by molar-refractivity contribution is -0.00270. The van der Waals surface area contributed by atoms with Gasteiger partial charge >= 0.3 is 0 Å². The summed E-state index contributed by atoms with van der Waals surface area (Å²) in [5.41, 5.74) is 6.89. The molecule has 4 nitrogen and oxygen atoms in total. The van der Waals surface area contributed by atoms with Crippen molar-refractivity contribution in [1.29, 1.82) is 0 Å². The van der Waals surface area contributed by atoms with E-state index in [-0.39, 0.29) is 5.56 Å². The average molecular weight is 245 g/mol. The van der Waals surface area contributed by atoms with Crippen molar-refractivity contribution in [3.63, 3.8) is 0 Å². The van der Waals surface area contributed by atoms with Crippen molar-refractivity contribution in [3.8, 4) is 0 Å². The van der Waals surface area contributed by atoms with Gasteiger partial charge in [0.15, 0.2) is 0 Å². The van der Waals surface area contributed by atoms with Crippen molar-refractivity contribution in [2.45, 2.75) is 38.0 Å². The molecule has 0 aromatic carbocycles. The Morgan fingerprint density at radius 2 is 1.72 bits per heavy atom. The predicted molar refractivity (Wildman–Crippen MR) is 69.1 cm³/mol. The lowest BCUT2D eigenvalue weighted by Gasteiger charge is -2.54. The van der Waals surface area contributed by atoms with Crippen LogP contribution < -0.4 is 11.3 Å². The molecule has 1 heterocycles. The normalized spacial score (nSPS) is 41.2. The van der Waals surface area contributed by atoms with Crippen molar-refractivity contribution in [3.05, 3.63) is 22.0 Å². The van der Waals surface area contributed by atoms with Crippen molar-refractivity contribution in [2.24, 2.45) is 23.7 Å². The van der Waals surface area contributed by atoms with E-state index in [0.29, 0.717) is 11.7 Å². The molecule has 1 aromatic rings. The van der Waals surface area contributed by atoms with Gasteiger partial charge in [0, 0.05) is 11.6 Å². The van der Waals surface area contributed by atoms with Crippen LogP contribution in [-0.4, -0.2) is 10.2 Å². The number of H-pyrrole nitrogens is 1. The van der Waals surface area contributed by atoms with Crippen LogP contribution in [0.5, 0.6) is 0 Å². The van der Waals surface area contributed by atoms with E-state index in [1.165, 1.54) is 32.1 Å². The van der Waals surface area contributed by atoms with Gasteiger partial charge in [0.2, 0.25) is 0 Å². The third kappa shape index (κ3) is 1.44. The molecule has 4 saturated carbocycles. The molecule has 0 aliphatic heterocycles. The third-order valence-corrected chi connectivity index (χ3v) is 5.45. The summed E-state index contributed by atoms with van der Waals surface area (Å²) in [7, 11) is 0. The van der Waals surface area contributed by atoms with Gasteiger partial charge in [-0.15, -0.1) is 0 Å². The molecule has 96 valence electrons. The maximum atomic E-state index is 11.5. The minimum Gasteiger partial charge on any atom is -0.382 e. The first-order valence-corrected chi connectivity index (χ1v) is 7.06. The maximum Gasteiger partial charge on any atom is 0.264 e. The Hall–Kier alpha value is -1.32. The molecule has 18 heavy (non-hydrogen) atoms. The van der Waals surface area contributed by atoms with Gasteiger partial charge in [-0.25, -0.2) is 5.10 Å². The second-order valence-corrected chi connectivity index (χ2v) is 6.53. The van der Waals surface area contributed by atoms with E-state index in [0.717, 1.165) is 29.2 Å². The summed E-state index contributed by atoms with van der Waals surface area (Å²) in [6, 6.07) is 1.69. The first-order valence-electron chi connectivity index (χ1n) is 7.06. The fraction of sp³-hybridized carbons (Fsp3) is 0.714. The van der Waals surface area contributed by atoms with E-state index in [2.05, 4.69) is 10.2 Å². The largest absolute Gasteiger partial charge is 0.382 e. The van der Waals surface area contributed by atoms with Gasteiger partial charge in [0.1, 0.15) is 5.82 Å². The molecular weight excluding hydrogens is 226 g/mol. The molecule has 0 unspecified atom stereocenters. The molecule has 3 N–H and O–H groups in total. The van der Waals surface area contributed by atoms with Gasteiger partial charge < -0.3 is 5.73 Å². The van der Waals surface area contributed by atoms with Crippen LogP contribution in [0.2, 0.25) is 0 Å². The number of nitrogens with two attached hydrogens (primary N) is 1. The van der Waals surface area contributed by atoms with Crippen LogP contribution in [0.4, 0.5) is 5.82 Å². The molecule has 5 rings (SSSR count). The number of anilines is 1. The summed E-state index contributed by atoms with van der Waals surface area (Å²) in [5.74, 6) is 4.40. The number of nitrogen functional groups attached to an aromatic ring is 1. The van der Waals surface area contributed by atoms with Crippen molar-refractivity contribution >= 4 is 5.82 Å². The summed E-state index contributed by atoms with van der Waals surface area (Å²) in [4.78, 5) is 11.5. The Labute approximate surface area is 106 Å². The quantitative estimate of drug-likeness (QED) is 0.793. The van der Waals surface area contributed by atoms with E-state index in [1.54, 1.807) is 6.07 Å². The summed E-state index contributed by atoms with van der Waals surface area (Å²) in [6.45, 7) is 0. The van der Waals surface area contributed by atoms with Crippen LogP contribution in [0.1, 0.15) is 43.6 Å². The average Bonchev–Trinajstić information content (AvgIpc) is 2.32. The Balaban J connectivity index is 1.76. The monoisotopic (exact) mass is 245 g/mol. The Bertz CT molecular complexity index is 508. The number of aromatic amines is 1. The number of aromatic nitrogens is 2. The Morgan fingerprint density at radius 3 is 2.33 bits per heavy atom. The van der Waals surface area contributed by atoms with Gasteiger partial charge in [-0.1, -0.05) is 0 Å². The molecule has 1 aromatic heterocycles. The molecule has 4 aliphatic carbocycles. The first kappa shape index (κ1) is 10.6. The molecule has 4 bridgehead atoms. The van der Waals surface area contributed by atoms with E-state index >= 15 is 0 Å². The number of nitrogens with one attached hydrogen (secondary N) is 1. The summed E-state index contributed by atoms with van der Waals surface area (Å²) in [5, 5.41) is 6.38.